The van der Waals surface area contributed by atoms with Gasteiger partial charge >= 0.3 is 0 Å². The number of carbonyl (C=O) groups excluding carboxylic acids is 1. The first-order chi connectivity index (χ1) is 12.6. The van der Waals surface area contributed by atoms with E-state index in [4.69, 9.17) is 0 Å². The quantitative estimate of drug-likeness (QED) is 0.791. The molecule has 136 valence electrons. The summed E-state index contributed by atoms with van der Waals surface area (Å²) in [6, 6.07) is 13.0. The number of rotatable bonds is 7. The number of thiophene rings is 1. The van der Waals surface area contributed by atoms with Crippen molar-refractivity contribution in [3.8, 4) is 6.07 Å². The molecule has 0 atom stereocenters. The summed E-state index contributed by atoms with van der Waals surface area (Å²) >= 11 is 1.58. The number of nitriles is 1. The minimum atomic E-state index is -0.0138. The van der Waals surface area contributed by atoms with Gasteiger partial charge in [0.2, 0.25) is 5.91 Å². The lowest BCUT2D eigenvalue weighted by Gasteiger charge is -2.26. The van der Waals surface area contributed by atoms with Crippen molar-refractivity contribution in [2.75, 3.05) is 11.9 Å². The monoisotopic (exact) mass is 367 g/mol. The fourth-order valence-electron chi connectivity index (χ4n) is 3.38. The summed E-state index contributed by atoms with van der Waals surface area (Å²) in [6.07, 6.45) is 3.54. The van der Waals surface area contributed by atoms with Crippen LogP contribution in [0.25, 0.3) is 0 Å². The summed E-state index contributed by atoms with van der Waals surface area (Å²) in [7, 11) is 0. The molecule has 1 aliphatic carbocycles. The van der Waals surface area contributed by atoms with Crippen molar-refractivity contribution >= 4 is 22.2 Å². The van der Waals surface area contributed by atoms with Crippen LogP contribution in [0.2, 0.25) is 0 Å². The predicted molar refractivity (Wildman–Crippen MR) is 106 cm³/mol. The molecule has 2 aromatic rings. The Morgan fingerprint density at radius 3 is 2.77 bits per heavy atom. The number of aryl methyl sites for hydroxylation is 1. The lowest BCUT2D eigenvalue weighted by Crippen LogP contribution is -2.33. The van der Waals surface area contributed by atoms with Gasteiger partial charge in [0.1, 0.15) is 11.1 Å². The summed E-state index contributed by atoms with van der Waals surface area (Å²) in [5.41, 5.74) is 3.09. The standard InChI is InChI=1S/C21H25N3OS/c1-15(2)24(14-16-7-4-3-5-8-16)12-11-20(25)23-21-18(13-22)17-9-6-10-19(17)26-21/h3-5,7-8,15H,6,9-12,14H2,1-2H3,(H,23,25). The zero-order chi connectivity index (χ0) is 18.5. The van der Waals surface area contributed by atoms with E-state index in [1.54, 1.807) is 11.3 Å². The first-order valence-corrected chi connectivity index (χ1v) is 10.0. The molecular formula is C21H25N3OS. The van der Waals surface area contributed by atoms with Crippen molar-refractivity contribution in [2.45, 2.75) is 52.1 Å². The molecule has 0 radical (unpaired) electrons. The molecule has 1 N–H and O–H groups in total. The molecule has 0 spiro atoms. The average molecular weight is 368 g/mol. The second-order valence-corrected chi connectivity index (χ2v) is 8.13. The lowest BCUT2D eigenvalue weighted by atomic mass is 10.1. The van der Waals surface area contributed by atoms with Crippen molar-refractivity contribution in [1.82, 2.24) is 4.90 Å². The molecule has 26 heavy (non-hydrogen) atoms. The molecule has 0 aliphatic heterocycles. The molecule has 4 nitrogen and oxygen atoms in total. The third kappa shape index (κ3) is 4.32. The molecule has 3 rings (SSSR count). The van der Waals surface area contributed by atoms with Crippen molar-refractivity contribution in [3.63, 3.8) is 0 Å². The number of carbonyl (C=O) groups is 1. The number of hydrogen-bond donors (Lipinski definition) is 1. The van der Waals surface area contributed by atoms with Crippen LogP contribution >= 0.6 is 11.3 Å². The molecule has 1 amide bonds. The molecule has 0 fully saturated rings. The summed E-state index contributed by atoms with van der Waals surface area (Å²) in [6.45, 7) is 5.84. The molecule has 0 saturated heterocycles. The zero-order valence-electron chi connectivity index (χ0n) is 15.4. The molecule has 1 aliphatic rings. The Balaban J connectivity index is 1.58. The van der Waals surface area contributed by atoms with Gasteiger partial charge in [-0.2, -0.15) is 5.26 Å². The van der Waals surface area contributed by atoms with Gasteiger partial charge < -0.3 is 5.32 Å². The van der Waals surface area contributed by atoms with E-state index in [1.807, 2.05) is 18.2 Å². The van der Waals surface area contributed by atoms with Crippen molar-refractivity contribution in [2.24, 2.45) is 0 Å². The van der Waals surface area contributed by atoms with E-state index in [9.17, 15) is 10.1 Å². The van der Waals surface area contributed by atoms with Gasteiger partial charge in [0.15, 0.2) is 0 Å². The van der Waals surface area contributed by atoms with E-state index in [0.717, 1.165) is 36.4 Å². The highest BCUT2D eigenvalue weighted by molar-refractivity contribution is 7.16. The van der Waals surface area contributed by atoms with Crippen LogP contribution in [0.3, 0.4) is 0 Å². The fraction of sp³-hybridized carbons (Fsp3) is 0.429. The summed E-state index contributed by atoms with van der Waals surface area (Å²) in [5.74, 6) is -0.0138. The Kier molecular flexibility index (Phi) is 6.08. The van der Waals surface area contributed by atoms with Gasteiger partial charge in [-0.3, -0.25) is 9.69 Å². The van der Waals surface area contributed by atoms with E-state index < -0.39 is 0 Å². The van der Waals surface area contributed by atoms with E-state index >= 15 is 0 Å². The fourth-order valence-corrected chi connectivity index (χ4v) is 4.64. The highest BCUT2D eigenvalue weighted by atomic mass is 32.1. The minimum absolute atomic E-state index is 0.0138. The SMILES string of the molecule is CC(C)N(CCC(=O)Nc1sc2c(c1C#N)CCC2)Cc1ccccc1. The maximum Gasteiger partial charge on any atom is 0.226 e. The van der Waals surface area contributed by atoms with Crippen LogP contribution in [0.15, 0.2) is 30.3 Å². The lowest BCUT2D eigenvalue weighted by molar-refractivity contribution is -0.116. The van der Waals surface area contributed by atoms with E-state index in [2.05, 4.69) is 42.3 Å². The van der Waals surface area contributed by atoms with Gasteiger partial charge in [0.25, 0.3) is 0 Å². The van der Waals surface area contributed by atoms with Gasteiger partial charge in [-0.1, -0.05) is 30.3 Å². The molecule has 1 aromatic heterocycles. The minimum Gasteiger partial charge on any atom is -0.317 e. The molecule has 5 heteroatoms. The average Bonchev–Trinajstić information content (AvgIpc) is 3.19. The zero-order valence-corrected chi connectivity index (χ0v) is 16.2. The number of amides is 1. The van der Waals surface area contributed by atoms with Gasteiger partial charge in [-0.15, -0.1) is 11.3 Å². The normalized spacial score (nSPS) is 13.0. The molecule has 1 aromatic carbocycles. The first kappa shape index (κ1) is 18.6. The number of hydrogen-bond acceptors (Lipinski definition) is 4. The summed E-state index contributed by atoms with van der Waals surface area (Å²) < 4.78 is 0. The highest BCUT2D eigenvalue weighted by Gasteiger charge is 2.23. The number of anilines is 1. The smallest absolute Gasteiger partial charge is 0.226 e. The second kappa shape index (κ2) is 8.48. The van der Waals surface area contributed by atoms with Gasteiger partial charge in [0, 0.05) is 30.4 Å². The molecule has 1 heterocycles. The largest absolute Gasteiger partial charge is 0.317 e. The van der Waals surface area contributed by atoms with Gasteiger partial charge in [-0.25, -0.2) is 0 Å². The maximum absolute atomic E-state index is 12.4. The highest BCUT2D eigenvalue weighted by Crippen LogP contribution is 2.38. The van der Waals surface area contributed by atoms with Crippen LogP contribution < -0.4 is 5.32 Å². The first-order valence-electron chi connectivity index (χ1n) is 9.21. The third-order valence-electron chi connectivity index (χ3n) is 4.87. The summed E-state index contributed by atoms with van der Waals surface area (Å²) in [4.78, 5) is 16.0. The summed E-state index contributed by atoms with van der Waals surface area (Å²) in [5, 5.41) is 13.2. The Labute approximate surface area is 159 Å². The van der Waals surface area contributed by atoms with Gasteiger partial charge in [-0.05, 0) is 44.2 Å². The topological polar surface area (TPSA) is 56.1 Å². The van der Waals surface area contributed by atoms with E-state index in [1.165, 1.54) is 10.4 Å². The molecule has 0 unspecified atom stereocenters. The Morgan fingerprint density at radius 2 is 2.08 bits per heavy atom. The number of fused-ring (bicyclic) bond motifs is 1. The number of benzene rings is 1. The van der Waals surface area contributed by atoms with Crippen LogP contribution in [-0.4, -0.2) is 23.4 Å². The molecule has 0 bridgehead atoms. The predicted octanol–water partition coefficient (Wildman–Crippen LogP) is 4.35. The number of nitrogens with zero attached hydrogens (tertiary/aromatic N) is 2. The van der Waals surface area contributed by atoms with Crippen LogP contribution in [0.1, 0.15) is 48.3 Å². The molecule has 0 saturated carbocycles. The Morgan fingerprint density at radius 1 is 1.31 bits per heavy atom. The third-order valence-corrected chi connectivity index (χ3v) is 6.08. The Hall–Kier alpha value is -2.16. The van der Waals surface area contributed by atoms with E-state index in [0.29, 0.717) is 24.6 Å². The number of nitrogens with one attached hydrogen (secondary N) is 1. The van der Waals surface area contributed by atoms with Crippen molar-refractivity contribution in [3.05, 3.63) is 51.9 Å². The van der Waals surface area contributed by atoms with Gasteiger partial charge in [0.05, 0.1) is 5.56 Å². The Bertz CT molecular complexity index is 805. The second-order valence-electron chi connectivity index (χ2n) is 7.02. The van der Waals surface area contributed by atoms with Crippen LogP contribution in [-0.2, 0) is 24.2 Å². The van der Waals surface area contributed by atoms with Crippen LogP contribution in [0.4, 0.5) is 5.00 Å². The maximum atomic E-state index is 12.4. The van der Waals surface area contributed by atoms with Crippen molar-refractivity contribution < 1.29 is 4.79 Å². The van der Waals surface area contributed by atoms with E-state index in [-0.39, 0.29) is 5.91 Å². The molecular weight excluding hydrogens is 342 g/mol. The van der Waals surface area contributed by atoms with Crippen molar-refractivity contribution in [1.29, 1.82) is 5.26 Å². The van der Waals surface area contributed by atoms with Crippen LogP contribution in [0.5, 0.6) is 0 Å². The van der Waals surface area contributed by atoms with Crippen LogP contribution in [0, 0.1) is 11.3 Å².